The van der Waals surface area contributed by atoms with Crippen LogP contribution in [0.1, 0.15) is 11.7 Å². The van der Waals surface area contributed by atoms with Crippen molar-refractivity contribution in [2.45, 2.75) is 6.10 Å². The van der Waals surface area contributed by atoms with Gasteiger partial charge in [0.2, 0.25) is 0 Å². The molecule has 0 saturated carbocycles. The van der Waals surface area contributed by atoms with Crippen LogP contribution in [-0.2, 0) is 0 Å². The zero-order valence-electron chi connectivity index (χ0n) is 6.67. The highest BCUT2D eigenvalue weighted by molar-refractivity contribution is 6.32. The number of phenols is 1. The van der Waals surface area contributed by atoms with Crippen molar-refractivity contribution in [3.05, 3.63) is 28.5 Å². The van der Waals surface area contributed by atoms with Gasteiger partial charge in [-0.2, -0.15) is 0 Å². The molecule has 0 heterocycles. The summed E-state index contributed by atoms with van der Waals surface area (Å²) in [6.07, 6.45) is -1.19. The number of aromatic hydroxyl groups is 1. The maximum atomic E-state index is 13.1. The van der Waals surface area contributed by atoms with Crippen molar-refractivity contribution in [2.75, 3.05) is 6.54 Å². The summed E-state index contributed by atoms with van der Waals surface area (Å²) in [6.45, 7) is -0.153. The normalized spacial score (nSPS) is 12.9. The fraction of sp³-hybridized carbons (Fsp3) is 0.250. The average molecular weight is 206 g/mol. The van der Waals surface area contributed by atoms with Gasteiger partial charge in [0.25, 0.3) is 0 Å². The monoisotopic (exact) mass is 205 g/mol. The molecule has 4 N–H and O–H groups in total. The van der Waals surface area contributed by atoms with Gasteiger partial charge in [-0.15, -0.1) is 0 Å². The fourth-order valence-electron chi connectivity index (χ4n) is 0.981. The molecule has 1 aromatic carbocycles. The highest BCUT2D eigenvalue weighted by atomic mass is 35.5. The van der Waals surface area contributed by atoms with Crippen molar-refractivity contribution >= 4 is 11.6 Å². The molecule has 3 nitrogen and oxygen atoms in total. The van der Waals surface area contributed by atoms with E-state index >= 15 is 0 Å². The van der Waals surface area contributed by atoms with E-state index in [4.69, 9.17) is 22.4 Å². The minimum Gasteiger partial charge on any atom is -0.506 e. The standard InChI is InChI=1S/C8H9ClFNO2/c9-8-5(12)2-1-4(10)7(8)6(13)3-11/h1-2,6,12-13H,3,11H2. The number of aliphatic hydroxyl groups excluding tert-OH is 1. The maximum absolute atomic E-state index is 13.1. The molecule has 0 bridgehead atoms. The second kappa shape index (κ2) is 3.91. The molecule has 0 amide bonds. The molecule has 0 saturated heterocycles. The first-order chi connectivity index (χ1) is 6.07. The lowest BCUT2D eigenvalue weighted by Gasteiger charge is -2.11. The Kier molecular flexibility index (Phi) is 3.08. The third-order valence-electron chi connectivity index (χ3n) is 1.66. The second-order valence-electron chi connectivity index (χ2n) is 2.55. The molecule has 72 valence electrons. The molecular weight excluding hydrogens is 197 g/mol. The zero-order chi connectivity index (χ0) is 10.0. The van der Waals surface area contributed by atoms with Gasteiger partial charge < -0.3 is 15.9 Å². The van der Waals surface area contributed by atoms with Gasteiger partial charge in [0.15, 0.2) is 0 Å². The summed E-state index contributed by atoms with van der Waals surface area (Å²) in [7, 11) is 0. The Bertz CT molecular complexity index is 319. The van der Waals surface area contributed by atoms with Crippen molar-refractivity contribution in [1.82, 2.24) is 0 Å². The molecule has 0 radical (unpaired) electrons. The van der Waals surface area contributed by atoms with Gasteiger partial charge in [-0.05, 0) is 12.1 Å². The highest BCUT2D eigenvalue weighted by Gasteiger charge is 2.17. The van der Waals surface area contributed by atoms with Crippen LogP contribution in [0, 0.1) is 5.82 Å². The summed E-state index contributed by atoms with van der Waals surface area (Å²) < 4.78 is 13.1. The molecule has 1 unspecified atom stereocenters. The van der Waals surface area contributed by atoms with Crippen LogP contribution in [0.3, 0.4) is 0 Å². The van der Waals surface area contributed by atoms with Crippen molar-refractivity contribution in [1.29, 1.82) is 0 Å². The Morgan fingerprint density at radius 1 is 1.54 bits per heavy atom. The summed E-state index contributed by atoms with van der Waals surface area (Å²) in [5.74, 6) is -0.952. The van der Waals surface area contributed by atoms with Gasteiger partial charge in [-0.1, -0.05) is 11.6 Å². The summed E-state index contributed by atoms with van der Waals surface area (Å²) in [5, 5.41) is 18.2. The molecule has 0 fully saturated rings. The smallest absolute Gasteiger partial charge is 0.134 e. The van der Waals surface area contributed by atoms with Crippen LogP contribution in [0.15, 0.2) is 12.1 Å². The Morgan fingerprint density at radius 2 is 2.15 bits per heavy atom. The molecular formula is C8H9ClFNO2. The van der Waals surface area contributed by atoms with E-state index in [1.165, 1.54) is 0 Å². The third-order valence-corrected chi connectivity index (χ3v) is 2.06. The van der Waals surface area contributed by atoms with E-state index in [-0.39, 0.29) is 22.9 Å². The molecule has 0 aliphatic heterocycles. The van der Waals surface area contributed by atoms with E-state index in [0.29, 0.717) is 0 Å². The first-order valence-electron chi connectivity index (χ1n) is 3.63. The number of aliphatic hydroxyl groups is 1. The number of benzene rings is 1. The highest BCUT2D eigenvalue weighted by Crippen LogP contribution is 2.32. The molecule has 5 heteroatoms. The zero-order valence-corrected chi connectivity index (χ0v) is 7.42. The van der Waals surface area contributed by atoms with E-state index in [1.807, 2.05) is 0 Å². The molecule has 0 spiro atoms. The van der Waals surface area contributed by atoms with Crippen LogP contribution in [0.4, 0.5) is 4.39 Å². The van der Waals surface area contributed by atoms with Crippen LogP contribution < -0.4 is 5.73 Å². The lowest BCUT2D eigenvalue weighted by atomic mass is 10.1. The largest absolute Gasteiger partial charge is 0.506 e. The molecule has 0 aliphatic rings. The van der Waals surface area contributed by atoms with Crippen molar-refractivity contribution in [3.63, 3.8) is 0 Å². The molecule has 0 aliphatic carbocycles. The van der Waals surface area contributed by atoms with E-state index in [0.717, 1.165) is 12.1 Å². The van der Waals surface area contributed by atoms with Crippen molar-refractivity contribution in [2.24, 2.45) is 5.73 Å². The topological polar surface area (TPSA) is 66.5 Å². The van der Waals surface area contributed by atoms with E-state index < -0.39 is 11.9 Å². The van der Waals surface area contributed by atoms with Gasteiger partial charge in [0, 0.05) is 12.1 Å². The minimum absolute atomic E-state index is 0.153. The van der Waals surface area contributed by atoms with Gasteiger partial charge in [0.05, 0.1) is 11.1 Å². The summed E-state index contributed by atoms with van der Waals surface area (Å²) >= 11 is 5.57. The molecule has 1 atom stereocenters. The number of phenolic OH excluding ortho intramolecular Hbond substituents is 1. The number of halogens is 2. The van der Waals surface area contributed by atoms with Gasteiger partial charge in [0.1, 0.15) is 11.6 Å². The molecule has 13 heavy (non-hydrogen) atoms. The van der Waals surface area contributed by atoms with E-state index in [2.05, 4.69) is 0 Å². The minimum atomic E-state index is -1.19. The first kappa shape index (κ1) is 10.2. The number of hydrogen-bond donors (Lipinski definition) is 3. The summed E-state index contributed by atoms with van der Waals surface area (Å²) in [4.78, 5) is 0. The first-order valence-corrected chi connectivity index (χ1v) is 4.00. The van der Waals surface area contributed by atoms with Crippen LogP contribution in [0.5, 0.6) is 5.75 Å². The van der Waals surface area contributed by atoms with Crippen LogP contribution >= 0.6 is 11.6 Å². The number of hydrogen-bond acceptors (Lipinski definition) is 3. The Hall–Kier alpha value is -0.840. The Morgan fingerprint density at radius 3 is 2.69 bits per heavy atom. The fourth-order valence-corrected chi connectivity index (χ4v) is 1.26. The van der Waals surface area contributed by atoms with Gasteiger partial charge in [-0.25, -0.2) is 4.39 Å². The van der Waals surface area contributed by atoms with E-state index in [9.17, 15) is 9.50 Å². The van der Waals surface area contributed by atoms with Crippen molar-refractivity contribution in [3.8, 4) is 5.75 Å². The SMILES string of the molecule is NCC(O)c1c(F)ccc(O)c1Cl. The molecule has 1 aromatic rings. The molecule has 0 aromatic heterocycles. The number of rotatable bonds is 2. The Labute approximate surface area is 79.6 Å². The quantitative estimate of drug-likeness (QED) is 0.679. The second-order valence-corrected chi connectivity index (χ2v) is 2.92. The van der Waals surface area contributed by atoms with E-state index in [1.54, 1.807) is 0 Å². The third kappa shape index (κ3) is 1.91. The predicted octanol–water partition coefficient (Wildman–Crippen LogP) is 1.18. The van der Waals surface area contributed by atoms with Crippen LogP contribution in [-0.4, -0.2) is 16.8 Å². The average Bonchev–Trinajstić information content (AvgIpc) is 2.12. The molecule has 1 rings (SSSR count). The lowest BCUT2D eigenvalue weighted by Crippen LogP contribution is -2.13. The van der Waals surface area contributed by atoms with Crippen LogP contribution in [0.25, 0.3) is 0 Å². The van der Waals surface area contributed by atoms with Crippen LogP contribution in [0.2, 0.25) is 5.02 Å². The van der Waals surface area contributed by atoms with Crippen molar-refractivity contribution < 1.29 is 14.6 Å². The van der Waals surface area contributed by atoms with Gasteiger partial charge >= 0.3 is 0 Å². The van der Waals surface area contributed by atoms with Gasteiger partial charge in [-0.3, -0.25) is 0 Å². The predicted molar refractivity (Wildman–Crippen MR) is 47.1 cm³/mol. The summed E-state index contributed by atoms with van der Waals surface area (Å²) in [6, 6.07) is 2.14. The Balaban J connectivity index is 3.25. The lowest BCUT2D eigenvalue weighted by molar-refractivity contribution is 0.181. The number of nitrogens with two attached hydrogens (primary N) is 1. The summed E-state index contributed by atoms with van der Waals surface area (Å²) in [5.41, 5.74) is 4.97. The maximum Gasteiger partial charge on any atom is 0.134 e.